The molecule has 14 heteroatoms. The zero-order valence-electron chi connectivity index (χ0n) is 22.0. The Morgan fingerprint density at radius 3 is 2.69 bits per heavy atom. The molecule has 2 aliphatic rings. The normalized spacial score (nSPS) is 16.3. The van der Waals surface area contributed by atoms with Crippen LogP contribution < -0.4 is 16.0 Å². The molecule has 3 aromatic heterocycles. The highest BCUT2D eigenvalue weighted by atomic mass is 32.2. The molecule has 0 aromatic carbocycles. The summed E-state index contributed by atoms with van der Waals surface area (Å²) >= 11 is 0. The molecule has 0 unspecified atom stereocenters. The number of nitrogens with one attached hydrogen (secondary N) is 3. The molecule has 4 heterocycles. The molecule has 0 atom stereocenters. The fraction of sp³-hybridized carbons (Fsp3) is 0.480. The van der Waals surface area contributed by atoms with E-state index < -0.39 is 10.0 Å². The lowest BCUT2D eigenvalue weighted by atomic mass is 10.2. The van der Waals surface area contributed by atoms with E-state index in [-0.39, 0.29) is 17.2 Å². The number of ether oxygens (including phenoxy) is 1. The van der Waals surface area contributed by atoms with Crippen LogP contribution in [0.4, 0.5) is 17.3 Å². The first-order chi connectivity index (χ1) is 18.8. The fourth-order valence-corrected chi connectivity index (χ4v) is 5.64. The third-order valence-corrected chi connectivity index (χ3v) is 8.38. The molecule has 1 aliphatic carbocycles. The Bertz CT molecular complexity index is 1420. The summed E-state index contributed by atoms with van der Waals surface area (Å²) < 4.78 is 31.3. The summed E-state index contributed by atoms with van der Waals surface area (Å²) in [5, 5.41) is 13.1. The first-order valence-electron chi connectivity index (χ1n) is 13.0. The van der Waals surface area contributed by atoms with E-state index in [4.69, 9.17) is 4.74 Å². The minimum absolute atomic E-state index is 0.0919. The SMILES string of the molecule is CC(C)Nc1cc(Nc2ccnc(-c3cnn(S(=O)(=O)C4CC4)c3)n2)ncc1C(=O)NCCN1CCOCC1. The van der Waals surface area contributed by atoms with Crippen molar-refractivity contribution in [2.75, 3.05) is 50.0 Å². The third kappa shape index (κ3) is 6.69. The van der Waals surface area contributed by atoms with E-state index in [9.17, 15) is 13.2 Å². The van der Waals surface area contributed by atoms with Crippen LogP contribution in [0, 0.1) is 0 Å². The van der Waals surface area contributed by atoms with Gasteiger partial charge >= 0.3 is 0 Å². The molecule has 5 rings (SSSR count). The Labute approximate surface area is 227 Å². The number of carbonyl (C=O) groups excluding carboxylic acids is 1. The van der Waals surface area contributed by atoms with Crippen molar-refractivity contribution in [3.05, 3.63) is 42.5 Å². The van der Waals surface area contributed by atoms with Gasteiger partial charge in [-0.1, -0.05) is 0 Å². The quantitative estimate of drug-likeness (QED) is 0.316. The maximum atomic E-state index is 13.0. The summed E-state index contributed by atoms with van der Waals surface area (Å²) in [7, 11) is -3.47. The number of hydrogen-bond acceptors (Lipinski definition) is 11. The van der Waals surface area contributed by atoms with Crippen LogP contribution in [0.1, 0.15) is 37.0 Å². The fourth-order valence-electron chi connectivity index (χ4n) is 4.16. The van der Waals surface area contributed by atoms with E-state index in [2.05, 4.69) is 40.9 Å². The van der Waals surface area contributed by atoms with E-state index in [0.29, 0.717) is 66.9 Å². The molecular weight excluding hydrogens is 522 g/mol. The lowest BCUT2D eigenvalue weighted by Gasteiger charge is -2.26. The number of nitrogens with zero attached hydrogens (tertiary/aromatic N) is 6. The summed E-state index contributed by atoms with van der Waals surface area (Å²) in [5.41, 5.74) is 1.58. The molecular formula is C25H33N9O4S. The average Bonchev–Trinajstić information content (AvgIpc) is 3.66. The summed E-state index contributed by atoms with van der Waals surface area (Å²) in [5.74, 6) is 1.07. The van der Waals surface area contributed by atoms with Crippen molar-refractivity contribution < 1.29 is 17.9 Å². The standard InChI is InChI=1S/C25H33N9O4S/c1-17(2)30-21-13-23(28-15-20(21)25(35)27-7-8-33-9-11-38-12-10-33)31-22-5-6-26-24(32-22)18-14-29-34(16-18)39(36,37)19-3-4-19/h5-6,13-17,19H,3-4,7-12H2,1-2H3,(H,27,35)(H2,26,28,30,31,32). The smallest absolute Gasteiger partial charge is 0.256 e. The molecule has 1 saturated heterocycles. The van der Waals surface area contributed by atoms with Gasteiger partial charge in [-0.2, -0.15) is 9.19 Å². The van der Waals surface area contributed by atoms with Gasteiger partial charge in [0.05, 0.1) is 47.7 Å². The Morgan fingerprint density at radius 1 is 1.15 bits per heavy atom. The van der Waals surface area contributed by atoms with Gasteiger partial charge in [0, 0.05) is 50.7 Å². The molecule has 0 spiro atoms. The van der Waals surface area contributed by atoms with E-state index in [1.807, 2.05) is 13.8 Å². The lowest BCUT2D eigenvalue weighted by Crippen LogP contribution is -2.41. The number of amides is 1. The minimum atomic E-state index is -3.47. The molecule has 1 aliphatic heterocycles. The van der Waals surface area contributed by atoms with Gasteiger partial charge < -0.3 is 20.7 Å². The van der Waals surface area contributed by atoms with Crippen molar-refractivity contribution in [2.24, 2.45) is 0 Å². The van der Waals surface area contributed by atoms with Crippen molar-refractivity contribution in [2.45, 2.75) is 38.0 Å². The minimum Gasteiger partial charge on any atom is -0.382 e. The Hall–Kier alpha value is -3.62. The van der Waals surface area contributed by atoms with E-state index >= 15 is 0 Å². The van der Waals surface area contributed by atoms with Crippen LogP contribution in [-0.2, 0) is 14.8 Å². The number of pyridine rings is 1. The zero-order valence-corrected chi connectivity index (χ0v) is 22.8. The van der Waals surface area contributed by atoms with E-state index in [1.165, 1.54) is 18.6 Å². The highest BCUT2D eigenvalue weighted by Crippen LogP contribution is 2.30. The number of morpholine rings is 1. The van der Waals surface area contributed by atoms with Gasteiger partial charge in [0.25, 0.3) is 15.9 Å². The second kappa shape index (κ2) is 11.6. The molecule has 208 valence electrons. The van der Waals surface area contributed by atoms with Crippen LogP contribution >= 0.6 is 0 Å². The summed E-state index contributed by atoms with van der Waals surface area (Å²) in [4.78, 5) is 28.4. The second-order valence-corrected chi connectivity index (χ2v) is 11.9. The van der Waals surface area contributed by atoms with Crippen LogP contribution in [0.5, 0.6) is 0 Å². The van der Waals surface area contributed by atoms with Gasteiger partial charge in [-0.3, -0.25) is 9.69 Å². The van der Waals surface area contributed by atoms with Crippen LogP contribution in [0.2, 0.25) is 0 Å². The number of aromatic nitrogens is 5. The van der Waals surface area contributed by atoms with Gasteiger partial charge in [-0.05, 0) is 32.8 Å². The first-order valence-corrected chi connectivity index (χ1v) is 14.5. The van der Waals surface area contributed by atoms with E-state index in [1.54, 1.807) is 18.3 Å². The van der Waals surface area contributed by atoms with Crippen molar-refractivity contribution in [1.82, 2.24) is 34.4 Å². The molecule has 0 radical (unpaired) electrons. The Kier molecular flexibility index (Phi) is 8.04. The number of hydrogen-bond donors (Lipinski definition) is 3. The number of carbonyl (C=O) groups is 1. The first kappa shape index (κ1) is 27.0. The van der Waals surface area contributed by atoms with Crippen LogP contribution in [0.3, 0.4) is 0 Å². The second-order valence-electron chi connectivity index (χ2n) is 9.86. The number of anilines is 3. The zero-order chi connectivity index (χ0) is 27.4. The summed E-state index contributed by atoms with van der Waals surface area (Å²) in [6.07, 6.45) is 7.29. The van der Waals surface area contributed by atoms with Gasteiger partial charge in [0.15, 0.2) is 5.82 Å². The maximum Gasteiger partial charge on any atom is 0.256 e. The van der Waals surface area contributed by atoms with Crippen LogP contribution in [-0.4, -0.2) is 94.0 Å². The van der Waals surface area contributed by atoms with Crippen molar-refractivity contribution in [3.63, 3.8) is 0 Å². The van der Waals surface area contributed by atoms with Crippen molar-refractivity contribution >= 4 is 33.3 Å². The number of rotatable bonds is 11. The predicted octanol–water partition coefficient (Wildman–Crippen LogP) is 1.70. The molecule has 2 fully saturated rings. The summed E-state index contributed by atoms with van der Waals surface area (Å²) in [6.45, 7) is 8.44. The average molecular weight is 556 g/mol. The molecule has 1 saturated carbocycles. The molecule has 3 aromatic rings. The molecule has 39 heavy (non-hydrogen) atoms. The Morgan fingerprint density at radius 2 is 1.95 bits per heavy atom. The van der Waals surface area contributed by atoms with Crippen LogP contribution in [0.15, 0.2) is 36.9 Å². The predicted molar refractivity (Wildman–Crippen MR) is 146 cm³/mol. The van der Waals surface area contributed by atoms with Crippen molar-refractivity contribution in [1.29, 1.82) is 0 Å². The molecule has 3 N–H and O–H groups in total. The van der Waals surface area contributed by atoms with Gasteiger partial charge in [-0.15, -0.1) is 0 Å². The Balaban J connectivity index is 1.28. The van der Waals surface area contributed by atoms with E-state index in [0.717, 1.165) is 23.7 Å². The lowest BCUT2D eigenvalue weighted by molar-refractivity contribution is 0.0383. The third-order valence-electron chi connectivity index (χ3n) is 6.35. The highest BCUT2D eigenvalue weighted by molar-refractivity contribution is 7.90. The summed E-state index contributed by atoms with van der Waals surface area (Å²) in [6, 6.07) is 3.53. The molecule has 13 nitrogen and oxygen atoms in total. The van der Waals surface area contributed by atoms with Gasteiger partial charge in [0.1, 0.15) is 11.6 Å². The van der Waals surface area contributed by atoms with Gasteiger partial charge in [0.2, 0.25) is 0 Å². The molecule has 1 amide bonds. The van der Waals surface area contributed by atoms with Crippen molar-refractivity contribution in [3.8, 4) is 11.4 Å². The van der Waals surface area contributed by atoms with Crippen LogP contribution in [0.25, 0.3) is 11.4 Å². The molecule has 0 bridgehead atoms. The monoisotopic (exact) mass is 555 g/mol. The largest absolute Gasteiger partial charge is 0.382 e. The maximum absolute atomic E-state index is 13.0. The topological polar surface area (TPSA) is 156 Å². The van der Waals surface area contributed by atoms with Gasteiger partial charge in [-0.25, -0.2) is 23.4 Å². The highest BCUT2D eigenvalue weighted by Gasteiger charge is 2.37.